The molecular weight excluding hydrogens is 496 g/mol. The normalized spacial score (nSPS) is 23.4. The molecule has 0 amide bonds. The van der Waals surface area contributed by atoms with Gasteiger partial charge in [-0.1, -0.05) is 59.7 Å². The van der Waals surface area contributed by atoms with E-state index in [-0.39, 0.29) is 46.7 Å². The van der Waals surface area contributed by atoms with Gasteiger partial charge in [-0.2, -0.15) is 16.8 Å². The Labute approximate surface area is 213 Å². The molecule has 6 rings (SSSR count). The lowest BCUT2D eigenvalue weighted by Gasteiger charge is -2.49. The molecule has 0 radical (unpaired) electrons. The highest BCUT2D eigenvalue weighted by molar-refractivity contribution is 7.87. The summed E-state index contributed by atoms with van der Waals surface area (Å²) in [6.45, 7) is 3.74. The van der Waals surface area contributed by atoms with Gasteiger partial charge in [0.15, 0.2) is 0 Å². The molecule has 3 aromatic rings. The second kappa shape index (κ2) is 9.74. The molecule has 0 heterocycles. The Morgan fingerprint density at radius 2 is 0.972 bits per heavy atom. The van der Waals surface area contributed by atoms with Crippen LogP contribution in [-0.2, 0) is 28.6 Å². The van der Waals surface area contributed by atoms with E-state index in [1.165, 1.54) is 11.1 Å². The maximum absolute atomic E-state index is 12.9. The van der Waals surface area contributed by atoms with Crippen molar-refractivity contribution in [1.82, 2.24) is 0 Å². The second-order valence-electron chi connectivity index (χ2n) is 9.85. The monoisotopic (exact) mass is 526 g/mol. The van der Waals surface area contributed by atoms with Crippen LogP contribution < -0.4 is 0 Å². The zero-order chi connectivity index (χ0) is 25.5. The molecule has 8 heteroatoms. The SMILES string of the molecule is Cc1ccc(S(=O)(=O)OCC2C3CCC(c4ccccc43)C2COS(=O)(=O)c2ccc(C)cc2)cc1. The van der Waals surface area contributed by atoms with Gasteiger partial charge in [0, 0.05) is 0 Å². The maximum atomic E-state index is 12.9. The Hall–Kier alpha value is -2.52. The molecule has 1 fully saturated rings. The van der Waals surface area contributed by atoms with Crippen LogP contribution in [0, 0.1) is 25.7 Å². The van der Waals surface area contributed by atoms with E-state index in [1.807, 2.05) is 26.0 Å². The van der Waals surface area contributed by atoms with Crippen molar-refractivity contribution in [1.29, 1.82) is 0 Å². The van der Waals surface area contributed by atoms with Crippen molar-refractivity contribution in [3.05, 3.63) is 95.1 Å². The smallest absolute Gasteiger partial charge is 0.266 e. The molecule has 6 nitrogen and oxygen atoms in total. The third kappa shape index (κ3) is 4.87. The van der Waals surface area contributed by atoms with Crippen LogP contribution in [0.2, 0.25) is 0 Å². The van der Waals surface area contributed by atoms with Crippen molar-refractivity contribution in [3.63, 3.8) is 0 Å². The molecular formula is C28H30O6S2. The molecule has 3 aliphatic carbocycles. The summed E-state index contributed by atoms with van der Waals surface area (Å²) in [4.78, 5) is 0.230. The highest BCUT2D eigenvalue weighted by Crippen LogP contribution is 2.56. The lowest BCUT2D eigenvalue weighted by molar-refractivity contribution is 0.0617. The van der Waals surface area contributed by atoms with Crippen molar-refractivity contribution in [2.45, 2.75) is 48.3 Å². The van der Waals surface area contributed by atoms with Gasteiger partial charge < -0.3 is 0 Å². The summed E-state index contributed by atoms with van der Waals surface area (Å²) in [6, 6.07) is 21.3. The van der Waals surface area contributed by atoms with E-state index in [0.717, 1.165) is 24.0 Å². The number of rotatable bonds is 8. The first-order chi connectivity index (χ1) is 17.2. The summed E-state index contributed by atoms with van der Waals surface area (Å²) < 4.78 is 62.9. The summed E-state index contributed by atoms with van der Waals surface area (Å²) in [5, 5.41) is 0. The molecule has 0 spiro atoms. The van der Waals surface area contributed by atoms with Crippen LogP contribution in [0.15, 0.2) is 82.6 Å². The van der Waals surface area contributed by atoms with Crippen LogP contribution in [0.25, 0.3) is 0 Å². The van der Waals surface area contributed by atoms with Gasteiger partial charge in [-0.15, -0.1) is 0 Å². The molecule has 4 unspecified atom stereocenters. The number of benzene rings is 3. The van der Waals surface area contributed by atoms with E-state index in [9.17, 15) is 16.8 Å². The zero-order valence-electron chi connectivity index (χ0n) is 20.3. The Kier molecular flexibility index (Phi) is 6.80. The summed E-state index contributed by atoms with van der Waals surface area (Å²) in [5.74, 6) is -0.218. The fourth-order valence-corrected chi connectivity index (χ4v) is 7.59. The molecule has 0 saturated heterocycles. The van der Waals surface area contributed by atoms with E-state index in [1.54, 1.807) is 48.5 Å². The molecule has 0 aliphatic heterocycles. The minimum atomic E-state index is -3.94. The van der Waals surface area contributed by atoms with Gasteiger partial charge in [0.25, 0.3) is 20.2 Å². The Bertz CT molecular complexity index is 1330. The van der Waals surface area contributed by atoms with Crippen molar-refractivity contribution in [3.8, 4) is 0 Å². The molecule has 190 valence electrons. The molecule has 1 saturated carbocycles. The quantitative estimate of drug-likeness (QED) is 0.369. The van der Waals surface area contributed by atoms with E-state index < -0.39 is 20.2 Å². The van der Waals surface area contributed by atoms with Crippen LogP contribution in [-0.4, -0.2) is 30.0 Å². The zero-order valence-corrected chi connectivity index (χ0v) is 22.0. The fraction of sp³-hybridized carbons (Fsp3) is 0.357. The Morgan fingerprint density at radius 1 is 0.611 bits per heavy atom. The maximum Gasteiger partial charge on any atom is 0.296 e. The third-order valence-electron chi connectivity index (χ3n) is 7.62. The highest BCUT2D eigenvalue weighted by atomic mass is 32.2. The molecule has 3 aliphatic rings. The predicted molar refractivity (Wildman–Crippen MR) is 137 cm³/mol. The van der Waals surface area contributed by atoms with Crippen molar-refractivity contribution in [2.24, 2.45) is 11.8 Å². The first-order valence-corrected chi connectivity index (χ1v) is 15.0. The van der Waals surface area contributed by atoms with Crippen LogP contribution in [0.1, 0.15) is 46.9 Å². The van der Waals surface area contributed by atoms with Crippen LogP contribution in [0.5, 0.6) is 0 Å². The molecule has 2 bridgehead atoms. The molecule has 0 N–H and O–H groups in total. The van der Waals surface area contributed by atoms with Crippen LogP contribution >= 0.6 is 0 Å². The van der Waals surface area contributed by atoms with Crippen LogP contribution in [0.4, 0.5) is 0 Å². The van der Waals surface area contributed by atoms with Crippen LogP contribution in [0.3, 0.4) is 0 Å². The lowest BCUT2D eigenvalue weighted by atomic mass is 9.57. The Morgan fingerprint density at radius 3 is 1.33 bits per heavy atom. The molecule has 0 aromatic heterocycles. The summed E-state index contributed by atoms with van der Waals surface area (Å²) in [7, 11) is -7.89. The average molecular weight is 527 g/mol. The largest absolute Gasteiger partial charge is 0.296 e. The van der Waals surface area contributed by atoms with E-state index in [2.05, 4.69) is 12.1 Å². The van der Waals surface area contributed by atoms with Gasteiger partial charge >= 0.3 is 0 Å². The number of hydrogen-bond donors (Lipinski definition) is 0. The van der Waals surface area contributed by atoms with Crippen molar-refractivity contribution >= 4 is 20.2 Å². The number of hydrogen-bond acceptors (Lipinski definition) is 6. The lowest BCUT2D eigenvalue weighted by Crippen LogP contribution is -2.43. The molecule has 4 atom stereocenters. The number of aryl methyl sites for hydroxylation is 2. The summed E-state index contributed by atoms with van der Waals surface area (Å²) in [6.07, 6.45) is 1.81. The van der Waals surface area contributed by atoms with E-state index in [4.69, 9.17) is 8.37 Å². The summed E-state index contributed by atoms with van der Waals surface area (Å²) >= 11 is 0. The van der Waals surface area contributed by atoms with E-state index in [0.29, 0.717) is 0 Å². The van der Waals surface area contributed by atoms with Gasteiger partial charge in [0.2, 0.25) is 0 Å². The third-order valence-corrected chi connectivity index (χ3v) is 10.2. The standard InChI is InChI=1S/C28H30O6S2/c1-19-7-11-21(12-8-19)35(29,30)33-17-27-25-15-16-26(24-6-4-3-5-23(24)25)28(27)18-34-36(31,32)22-13-9-20(2)10-14-22/h3-14,25-28H,15-18H2,1-2H3. The first kappa shape index (κ1) is 25.1. The van der Waals surface area contributed by atoms with Gasteiger partial charge in [0.05, 0.1) is 23.0 Å². The highest BCUT2D eigenvalue weighted by Gasteiger charge is 2.47. The fourth-order valence-electron chi connectivity index (χ4n) is 5.70. The topological polar surface area (TPSA) is 86.7 Å². The van der Waals surface area contributed by atoms with Crippen molar-refractivity contribution in [2.75, 3.05) is 13.2 Å². The predicted octanol–water partition coefficient (Wildman–Crippen LogP) is 5.32. The Balaban J connectivity index is 1.40. The van der Waals surface area contributed by atoms with E-state index >= 15 is 0 Å². The van der Waals surface area contributed by atoms with Gasteiger partial charge in [-0.3, -0.25) is 8.37 Å². The minimum absolute atomic E-state index is 0.0235. The van der Waals surface area contributed by atoms with Gasteiger partial charge in [-0.25, -0.2) is 0 Å². The molecule has 36 heavy (non-hydrogen) atoms. The molecule has 3 aromatic carbocycles. The van der Waals surface area contributed by atoms with Gasteiger partial charge in [0.1, 0.15) is 0 Å². The average Bonchev–Trinajstić information content (AvgIpc) is 2.87. The summed E-state index contributed by atoms with van der Waals surface area (Å²) in [5.41, 5.74) is 4.32. The first-order valence-electron chi connectivity index (χ1n) is 12.2. The van der Waals surface area contributed by atoms with Gasteiger partial charge in [-0.05, 0) is 85.8 Å². The minimum Gasteiger partial charge on any atom is -0.266 e. The second-order valence-corrected chi connectivity index (χ2v) is 13.1. The number of fused-ring (bicyclic) bond motifs is 2. The van der Waals surface area contributed by atoms with Crippen molar-refractivity contribution < 1.29 is 25.2 Å².